The Morgan fingerprint density at radius 2 is 1.00 bits per heavy atom. The summed E-state index contributed by atoms with van der Waals surface area (Å²) in [6.07, 6.45) is 13.7. The number of esters is 1. The third-order valence-electron chi connectivity index (χ3n) is 14.7. The van der Waals surface area contributed by atoms with Gasteiger partial charge in [-0.1, -0.05) is 76.2 Å². The molecule has 0 amide bonds. The molecule has 2 aliphatic heterocycles. The molecule has 0 aromatic heterocycles. The molecule has 0 radical (unpaired) electrons. The van der Waals surface area contributed by atoms with Crippen LogP contribution in [0.5, 0.6) is 11.5 Å². The molecule has 62 heavy (non-hydrogen) atoms. The molecule has 2 heterocycles. The number of hydrogen-bond acceptors (Lipinski definition) is 7. The Balaban J connectivity index is 0.000000187. The van der Waals surface area contributed by atoms with Crippen molar-refractivity contribution in [1.82, 2.24) is 9.80 Å². The average Bonchev–Trinajstić information content (AvgIpc) is 3.27. The molecule has 4 aromatic carbocycles. The van der Waals surface area contributed by atoms with Crippen molar-refractivity contribution in [1.29, 1.82) is 0 Å². The van der Waals surface area contributed by atoms with Crippen molar-refractivity contribution < 1.29 is 28.9 Å². The van der Waals surface area contributed by atoms with Crippen LogP contribution >= 0.6 is 0 Å². The molecule has 1 N–H and O–H groups in total. The van der Waals surface area contributed by atoms with Gasteiger partial charge < -0.3 is 19.3 Å². The number of fused-ring (bicyclic) bond motifs is 2. The summed E-state index contributed by atoms with van der Waals surface area (Å²) in [6.45, 7) is 17.1. The lowest BCUT2D eigenvalue weighted by atomic mass is 9.80. The summed E-state index contributed by atoms with van der Waals surface area (Å²) in [6, 6.07) is 26.2. The van der Waals surface area contributed by atoms with Gasteiger partial charge in [0.25, 0.3) is 0 Å². The Labute approximate surface area is 371 Å². The maximum absolute atomic E-state index is 12.0. The predicted molar refractivity (Wildman–Crippen MR) is 251 cm³/mol. The summed E-state index contributed by atoms with van der Waals surface area (Å²) in [7, 11) is 0. The Kier molecular flexibility index (Phi) is 16.3. The Bertz CT molecular complexity index is 2050. The number of piperidine rings is 2. The van der Waals surface area contributed by atoms with Crippen molar-refractivity contribution in [2.24, 2.45) is 35.5 Å². The number of likely N-dealkylation sites (tertiary alicyclic amines) is 2. The minimum atomic E-state index is -0.648. The fourth-order valence-electron chi connectivity index (χ4n) is 10.6. The lowest BCUT2D eigenvalue weighted by molar-refractivity contribution is -0.149. The second-order valence-corrected chi connectivity index (χ2v) is 19.6. The van der Waals surface area contributed by atoms with Crippen molar-refractivity contribution in [3.05, 3.63) is 83.9 Å². The van der Waals surface area contributed by atoms with E-state index < -0.39 is 5.97 Å². The van der Waals surface area contributed by atoms with E-state index in [1.807, 2.05) is 6.92 Å². The molecule has 336 valence electrons. The smallest absolute Gasteiger partial charge is 0.309 e. The third-order valence-corrected chi connectivity index (χ3v) is 14.7. The first-order valence-electron chi connectivity index (χ1n) is 24.2. The van der Waals surface area contributed by atoms with E-state index >= 15 is 0 Å². The summed E-state index contributed by atoms with van der Waals surface area (Å²) < 4.78 is 18.1. The number of carbonyl (C=O) groups excluding carboxylic acids is 1. The lowest BCUT2D eigenvalue weighted by Crippen LogP contribution is -2.36. The monoisotopic (exact) mass is 847 g/mol. The Morgan fingerprint density at radius 1 is 0.581 bits per heavy atom. The first-order valence-corrected chi connectivity index (χ1v) is 24.2. The number of rotatable bonds is 13. The van der Waals surface area contributed by atoms with Gasteiger partial charge in [0.05, 0.1) is 30.7 Å². The zero-order valence-electron chi connectivity index (χ0n) is 38.4. The number of carboxylic acids is 1. The summed E-state index contributed by atoms with van der Waals surface area (Å²) in [4.78, 5) is 28.0. The van der Waals surface area contributed by atoms with E-state index in [9.17, 15) is 14.7 Å². The number of benzene rings is 4. The minimum Gasteiger partial charge on any atom is -0.490 e. The van der Waals surface area contributed by atoms with Gasteiger partial charge in [-0.25, -0.2) is 0 Å². The van der Waals surface area contributed by atoms with Crippen LogP contribution in [-0.4, -0.2) is 71.8 Å². The van der Waals surface area contributed by atoms with Crippen molar-refractivity contribution in [3.8, 4) is 11.5 Å². The molecule has 0 unspecified atom stereocenters. The maximum atomic E-state index is 12.0. The van der Waals surface area contributed by atoms with Crippen LogP contribution < -0.4 is 9.47 Å². The highest BCUT2D eigenvalue weighted by Gasteiger charge is 2.28. The number of ether oxygens (including phenoxy) is 3. The molecule has 8 heteroatoms. The Hall–Kier alpha value is -4.14. The highest BCUT2D eigenvalue weighted by atomic mass is 16.5. The molecule has 8 nitrogen and oxygen atoms in total. The van der Waals surface area contributed by atoms with Gasteiger partial charge >= 0.3 is 11.9 Å². The van der Waals surface area contributed by atoms with Crippen LogP contribution in [0.25, 0.3) is 21.5 Å². The van der Waals surface area contributed by atoms with E-state index in [1.54, 1.807) is 0 Å². The van der Waals surface area contributed by atoms with Crippen molar-refractivity contribution in [2.75, 3.05) is 32.8 Å². The lowest BCUT2D eigenvalue weighted by Gasteiger charge is -2.31. The summed E-state index contributed by atoms with van der Waals surface area (Å²) in [5.74, 6) is 4.51. The van der Waals surface area contributed by atoms with E-state index in [0.29, 0.717) is 18.8 Å². The minimum absolute atomic E-state index is 0.0249. The molecular formula is C54H74N2O6. The second kappa shape index (κ2) is 22.0. The maximum Gasteiger partial charge on any atom is 0.309 e. The molecule has 0 bridgehead atoms. The van der Waals surface area contributed by atoms with Gasteiger partial charge in [0.1, 0.15) is 11.5 Å². The molecule has 0 spiro atoms. The van der Waals surface area contributed by atoms with Gasteiger partial charge in [0.2, 0.25) is 0 Å². The van der Waals surface area contributed by atoms with E-state index in [0.717, 1.165) is 113 Å². The van der Waals surface area contributed by atoms with Crippen LogP contribution in [0.15, 0.2) is 72.8 Å². The number of hydrogen-bond donors (Lipinski definition) is 1. The molecule has 0 atom stereocenters. The van der Waals surface area contributed by atoms with Crippen molar-refractivity contribution in [2.45, 2.75) is 137 Å². The SMILES string of the molecule is CC(C)C1CCC(Oc2cccc3cc(CN4CCC(C(=O)O)CC4)ccc23)CC1.CCOC(=O)C1CCN(Cc2ccc3c(OC4CCC(C(C)C)CC4)cccc3c2)CC1. The Morgan fingerprint density at radius 3 is 1.39 bits per heavy atom. The highest BCUT2D eigenvalue weighted by Crippen LogP contribution is 2.36. The summed E-state index contributed by atoms with van der Waals surface area (Å²) in [5, 5.41) is 14.1. The second-order valence-electron chi connectivity index (χ2n) is 19.6. The van der Waals surface area contributed by atoms with Crippen molar-refractivity contribution in [3.63, 3.8) is 0 Å². The van der Waals surface area contributed by atoms with Crippen LogP contribution in [0.3, 0.4) is 0 Å². The normalized spacial score (nSPS) is 23.3. The van der Waals surface area contributed by atoms with Crippen LogP contribution in [-0.2, 0) is 27.4 Å². The molecule has 8 rings (SSSR count). The van der Waals surface area contributed by atoms with Gasteiger partial charge in [0, 0.05) is 23.9 Å². The fraction of sp³-hybridized carbons (Fsp3) is 0.593. The fourth-order valence-corrected chi connectivity index (χ4v) is 10.6. The van der Waals surface area contributed by atoms with Crippen LogP contribution in [0.4, 0.5) is 0 Å². The molecule has 2 aliphatic carbocycles. The van der Waals surface area contributed by atoms with Gasteiger partial charge in [-0.05, 0) is 180 Å². The van der Waals surface area contributed by atoms with E-state index in [-0.39, 0.29) is 17.8 Å². The first-order chi connectivity index (χ1) is 30.0. The summed E-state index contributed by atoms with van der Waals surface area (Å²) >= 11 is 0. The number of nitrogens with zero attached hydrogens (tertiary/aromatic N) is 2. The van der Waals surface area contributed by atoms with Crippen LogP contribution in [0.2, 0.25) is 0 Å². The van der Waals surface area contributed by atoms with Gasteiger partial charge in [-0.15, -0.1) is 0 Å². The topological polar surface area (TPSA) is 88.5 Å². The molecule has 4 fully saturated rings. The summed E-state index contributed by atoms with van der Waals surface area (Å²) in [5.41, 5.74) is 2.60. The van der Waals surface area contributed by atoms with Crippen molar-refractivity contribution >= 4 is 33.5 Å². The van der Waals surface area contributed by atoms with Crippen LogP contribution in [0, 0.1) is 35.5 Å². The van der Waals surface area contributed by atoms with E-state index in [4.69, 9.17) is 14.2 Å². The third kappa shape index (κ3) is 12.3. The molecule has 4 aromatic rings. The zero-order valence-corrected chi connectivity index (χ0v) is 38.4. The number of carbonyl (C=O) groups is 2. The molecule has 2 saturated heterocycles. The molecular weight excluding hydrogens is 773 g/mol. The van der Waals surface area contributed by atoms with Gasteiger partial charge in [0.15, 0.2) is 0 Å². The van der Waals surface area contributed by atoms with Gasteiger partial charge in [-0.3, -0.25) is 19.4 Å². The quantitative estimate of drug-likeness (QED) is 0.133. The average molecular weight is 847 g/mol. The standard InChI is InChI=1S/C28H39NO3.C26H35NO3/c1-4-31-28(30)23-14-16-29(17-15-23)19-21-8-13-26-24(18-21)6-5-7-27(26)32-25-11-9-22(10-12-25)20(2)3;1-18(2)20-7-9-23(10-8-20)30-25-5-3-4-22-16-19(6-11-24(22)25)17-27-14-12-21(13-15-27)26(28)29/h5-8,13,18,20,22-23,25H,4,9-12,14-17,19H2,1-3H3;3-6,11,16,18,20-21,23H,7-10,12-15,17H2,1-2H3,(H,28,29). The van der Waals surface area contributed by atoms with Crippen LogP contribution in [0.1, 0.15) is 123 Å². The molecule has 4 aliphatic rings. The highest BCUT2D eigenvalue weighted by molar-refractivity contribution is 5.89. The van der Waals surface area contributed by atoms with E-state index in [1.165, 1.54) is 71.2 Å². The molecule has 2 saturated carbocycles. The largest absolute Gasteiger partial charge is 0.490 e. The van der Waals surface area contributed by atoms with E-state index in [2.05, 4.69) is 110 Å². The zero-order chi connectivity index (χ0) is 43.6. The number of aliphatic carboxylic acids is 1. The van der Waals surface area contributed by atoms with Gasteiger partial charge in [-0.2, -0.15) is 0 Å². The predicted octanol–water partition coefficient (Wildman–Crippen LogP) is 11.9. The first kappa shape index (κ1) is 45.9. The number of carboxylic acid groups (broad SMARTS) is 1.